The number of fused-ring (bicyclic) bond motifs is 1. The molecule has 0 atom stereocenters. The van der Waals surface area contributed by atoms with Crippen LogP contribution in [0.4, 0.5) is 5.69 Å². The number of thiazole rings is 1. The summed E-state index contributed by atoms with van der Waals surface area (Å²) in [6, 6.07) is 5.54. The van der Waals surface area contributed by atoms with E-state index >= 15 is 0 Å². The second-order valence-corrected chi connectivity index (χ2v) is 7.21. The molecule has 7 nitrogen and oxygen atoms in total. The van der Waals surface area contributed by atoms with E-state index in [0.717, 1.165) is 21.1 Å². The van der Waals surface area contributed by atoms with E-state index in [1.807, 2.05) is 26.0 Å². The zero-order valence-corrected chi connectivity index (χ0v) is 15.7. The maximum atomic E-state index is 12.3. The molecule has 0 fully saturated rings. The quantitative estimate of drug-likeness (QED) is 0.569. The van der Waals surface area contributed by atoms with Gasteiger partial charge in [-0.25, -0.2) is 4.98 Å². The maximum Gasteiger partial charge on any atom is 0.326 e. The minimum absolute atomic E-state index is 0.105. The molecule has 1 aliphatic heterocycles. The van der Waals surface area contributed by atoms with Crippen molar-refractivity contribution < 1.29 is 23.8 Å². The van der Waals surface area contributed by atoms with Gasteiger partial charge in [0.05, 0.1) is 23.0 Å². The molecule has 138 valence electrons. The molecule has 0 saturated carbocycles. The number of amides is 1. The van der Waals surface area contributed by atoms with E-state index in [1.54, 1.807) is 17.4 Å². The number of esters is 1. The van der Waals surface area contributed by atoms with Gasteiger partial charge in [0.25, 0.3) is 5.91 Å². The standard InChI is InChI=1S/C18H20N2O5S/c1-11-18(19-12(2)26-11)13-4-5-15-14(8-13)20(16(21)10-25-15)9-17(22)24-7-6-23-3/h4-5,8H,6-7,9-10H2,1-3H3. The molecule has 8 heteroatoms. The van der Waals surface area contributed by atoms with Crippen molar-refractivity contribution in [2.75, 3.05) is 38.4 Å². The van der Waals surface area contributed by atoms with Crippen LogP contribution in [0.5, 0.6) is 5.75 Å². The van der Waals surface area contributed by atoms with Gasteiger partial charge in [0.1, 0.15) is 18.9 Å². The summed E-state index contributed by atoms with van der Waals surface area (Å²) in [6.07, 6.45) is 0. The molecule has 3 rings (SSSR count). The number of benzene rings is 1. The highest BCUT2D eigenvalue weighted by Crippen LogP contribution is 2.37. The molecule has 0 aliphatic carbocycles. The van der Waals surface area contributed by atoms with E-state index in [2.05, 4.69) is 4.98 Å². The van der Waals surface area contributed by atoms with Crippen molar-refractivity contribution in [2.24, 2.45) is 0 Å². The highest BCUT2D eigenvalue weighted by molar-refractivity contribution is 7.11. The summed E-state index contributed by atoms with van der Waals surface area (Å²) >= 11 is 1.62. The molecule has 2 aromatic rings. The number of anilines is 1. The summed E-state index contributed by atoms with van der Waals surface area (Å²) in [4.78, 5) is 31.4. The van der Waals surface area contributed by atoms with E-state index in [1.165, 1.54) is 12.0 Å². The van der Waals surface area contributed by atoms with Crippen molar-refractivity contribution in [3.05, 3.63) is 28.1 Å². The maximum absolute atomic E-state index is 12.3. The van der Waals surface area contributed by atoms with E-state index in [-0.39, 0.29) is 25.7 Å². The Labute approximate surface area is 155 Å². The molecule has 0 unspecified atom stereocenters. The Morgan fingerprint density at radius 2 is 2.15 bits per heavy atom. The number of carbonyl (C=O) groups is 2. The molecule has 1 aliphatic rings. The third-order valence-corrected chi connectivity index (χ3v) is 4.80. The van der Waals surface area contributed by atoms with Gasteiger partial charge in [-0.05, 0) is 32.0 Å². The predicted octanol–water partition coefficient (Wildman–Crippen LogP) is 2.34. The Morgan fingerprint density at radius 3 is 2.85 bits per heavy atom. The second kappa shape index (κ2) is 7.84. The number of methoxy groups -OCH3 is 1. The first-order valence-electron chi connectivity index (χ1n) is 8.15. The molecule has 26 heavy (non-hydrogen) atoms. The third kappa shape index (κ3) is 3.86. The van der Waals surface area contributed by atoms with Crippen molar-refractivity contribution in [3.8, 4) is 17.0 Å². The van der Waals surface area contributed by atoms with Crippen LogP contribution in [0.25, 0.3) is 11.3 Å². The molecule has 1 aromatic carbocycles. The fourth-order valence-electron chi connectivity index (χ4n) is 2.73. The van der Waals surface area contributed by atoms with Gasteiger partial charge < -0.3 is 14.2 Å². The monoisotopic (exact) mass is 376 g/mol. The third-order valence-electron chi connectivity index (χ3n) is 3.92. The fourth-order valence-corrected chi connectivity index (χ4v) is 3.57. The number of hydrogen-bond acceptors (Lipinski definition) is 7. The van der Waals surface area contributed by atoms with Crippen molar-refractivity contribution in [3.63, 3.8) is 0 Å². The average Bonchev–Trinajstić information content (AvgIpc) is 2.95. The highest BCUT2D eigenvalue weighted by atomic mass is 32.1. The molecule has 0 spiro atoms. The van der Waals surface area contributed by atoms with E-state index in [9.17, 15) is 9.59 Å². The van der Waals surface area contributed by atoms with Crippen molar-refractivity contribution in [2.45, 2.75) is 13.8 Å². The lowest BCUT2D eigenvalue weighted by Crippen LogP contribution is -2.42. The number of carbonyl (C=O) groups excluding carboxylic acids is 2. The lowest BCUT2D eigenvalue weighted by atomic mass is 10.1. The van der Waals surface area contributed by atoms with Crippen LogP contribution in [0.3, 0.4) is 0 Å². The topological polar surface area (TPSA) is 78.0 Å². The lowest BCUT2D eigenvalue weighted by molar-refractivity contribution is -0.144. The zero-order chi connectivity index (χ0) is 18.7. The second-order valence-electron chi connectivity index (χ2n) is 5.80. The first-order chi connectivity index (χ1) is 12.5. The number of nitrogens with zero attached hydrogens (tertiary/aromatic N) is 2. The summed E-state index contributed by atoms with van der Waals surface area (Å²) in [5, 5.41) is 0.973. The van der Waals surface area contributed by atoms with Crippen LogP contribution in [-0.4, -0.2) is 50.3 Å². The van der Waals surface area contributed by atoms with Gasteiger partial charge in [-0.3, -0.25) is 14.5 Å². The number of aromatic nitrogens is 1. The molecule has 1 amide bonds. The minimum atomic E-state index is -0.491. The summed E-state index contributed by atoms with van der Waals surface area (Å²) in [7, 11) is 1.53. The van der Waals surface area contributed by atoms with E-state index < -0.39 is 5.97 Å². The van der Waals surface area contributed by atoms with Crippen LogP contribution in [-0.2, 0) is 19.1 Å². The molecule has 0 N–H and O–H groups in total. The Morgan fingerprint density at radius 1 is 1.35 bits per heavy atom. The Bertz CT molecular complexity index is 833. The normalized spacial score (nSPS) is 13.3. The average molecular weight is 376 g/mol. The van der Waals surface area contributed by atoms with Crippen LogP contribution < -0.4 is 9.64 Å². The number of rotatable bonds is 6. The summed E-state index contributed by atoms with van der Waals surface area (Å²) < 4.78 is 15.4. The summed E-state index contributed by atoms with van der Waals surface area (Å²) in [5.41, 5.74) is 2.30. The molecule has 0 radical (unpaired) electrons. The van der Waals surface area contributed by atoms with Gasteiger partial charge in [0.15, 0.2) is 6.61 Å². The van der Waals surface area contributed by atoms with Gasteiger partial charge in [-0.1, -0.05) is 0 Å². The number of hydrogen-bond donors (Lipinski definition) is 0. The Balaban J connectivity index is 1.87. The van der Waals surface area contributed by atoms with Gasteiger partial charge >= 0.3 is 5.97 Å². The number of ether oxygens (including phenoxy) is 3. The SMILES string of the molecule is COCCOC(=O)CN1C(=O)COc2ccc(-c3nc(C)sc3C)cc21. The Hall–Kier alpha value is -2.45. The largest absolute Gasteiger partial charge is 0.482 e. The smallest absolute Gasteiger partial charge is 0.326 e. The molecule has 0 saturated heterocycles. The first kappa shape index (κ1) is 18.3. The Kier molecular flexibility index (Phi) is 5.53. The molecule has 1 aromatic heterocycles. The van der Waals surface area contributed by atoms with Crippen LogP contribution in [0.15, 0.2) is 18.2 Å². The van der Waals surface area contributed by atoms with Crippen molar-refractivity contribution in [1.82, 2.24) is 4.98 Å². The summed E-state index contributed by atoms with van der Waals surface area (Å²) in [5.74, 6) is -0.221. The van der Waals surface area contributed by atoms with Crippen molar-refractivity contribution in [1.29, 1.82) is 0 Å². The van der Waals surface area contributed by atoms with Crippen LogP contribution >= 0.6 is 11.3 Å². The predicted molar refractivity (Wildman–Crippen MR) is 97.7 cm³/mol. The molecule has 2 heterocycles. The summed E-state index contributed by atoms with van der Waals surface area (Å²) in [6.45, 7) is 4.15. The van der Waals surface area contributed by atoms with Crippen LogP contribution in [0.2, 0.25) is 0 Å². The first-order valence-corrected chi connectivity index (χ1v) is 8.97. The van der Waals surface area contributed by atoms with Gasteiger partial charge in [0, 0.05) is 17.6 Å². The lowest BCUT2D eigenvalue weighted by Gasteiger charge is -2.29. The zero-order valence-electron chi connectivity index (χ0n) is 14.9. The van der Waals surface area contributed by atoms with Crippen LogP contribution in [0.1, 0.15) is 9.88 Å². The number of aryl methyl sites for hydroxylation is 2. The van der Waals surface area contributed by atoms with Gasteiger partial charge in [-0.15, -0.1) is 11.3 Å². The van der Waals surface area contributed by atoms with E-state index in [4.69, 9.17) is 14.2 Å². The van der Waals surface area contributed by atoms with Gasteiger partial charge in [0.2, 0.25) is 0 Å². The minimum Gasteiger partial charge on any atom is -0.482 e. The molecular formula is C18H20N2O5S. The molecule has 0 bridgehead atoms. The molecular weight excluding hydrogens is 356 g/mol. The fraction of sp³-hybridized carbons (Fsp3) is 0.389. The van der Waals surface area contributed by atoms with E-state index in [0.29, 0.717) is 18.0 Å². The van der Waals surface area contributed by atoms with Crippen LogP contribution in [0, 0.1) is 13.8 Å². The highest BCUT2D eigenvalue weighted by Gasteiger charge is 2.28. The van der Waals surface area contributed by atoms with Gasteiger partial charge in [-0.2, -0.15) is 0 Å². The van der Waals surface area contributed by atoms with Crippen molar-refractivity contribution >= 4 is 28.9 Å².